The summed E-state index contributed by atoms with van der Waals surface area (Å²) in [5.74, 6) is 5.99. The lowest BCUT2D eigenvalue weighted by molar-refractivity contribution is -0.116. The molecule has 1 nitrogen and oxygen atoms in total. The molecule has 0 fully saturated rings. The SMILES string of the molecule is CCCCCC#CCC(C)=O. The van der Waals surface area contributed by atoms with Crippen LogP contribution < -0.4 is 0 Å². The Balaban J connectivity index is 3.19. The van der Waals surface area contributed by atoms with E-state index in [1.807, 2.05) is 0 Å². The van der Waals surface area contributed by atoms with Crippen molar-refractivity contribution in [3.05, 3.63) is 0 Å². The first-order valence-electron chi connectivity index (χ1n) is 4.22. The highest BCUT2D eigenvalue weighted by atomic mass is 16.1. The highest BCUT2D eigenvalue weighted by Crippen LogP contribution is 1.96. The minimum absolute atomic E-state index is 0.160. The zero-order chi connectivity index (χ0) is 8.53. The molecule has 1 heteroatoms. The summed E-state index contributed by atoms with van der Waals surface area (Å²) in [6.45, 7) is 3.74. The molecule has 0 unspecified atom stereocenters. The molecule has 0 saturated carbocycles. The molecule has 0 spiro atoms. The number of ketones is 1. The van der Waals surface area contributed by atoms with Gasteiger partial charge in [0, 0.05) is 6.42 Å². The Hall–Kier alpha value is -0.770. The van der Waals surface area contributed by atoms with Crippen LogP contribution in [0, 0.1) is 11.8 Å². The van der Waals surface area contributed by atoms with Crippen LogP contribution in [0.5, 0.6) is 0 Å². The zero-order valence-electron chi connectivity index (χ0n) is 7.44. The summed E-state index contributed by atoms with van der Waals surface area (Å²) in [7, 11) is 0. The molecular weight excluding hydrogens is 136 g/mol. The smallest absolute Gasteiger partial charge is 0.141 e. The van der Waals surface area contributed by atoms with Crippen LogP contribution in [0.1, 0.15) is 46.0 Å². The van der Waals surface area contributed by atoms with Crippen LogP contribution in [0.4, 0.5) is 0 Å². The largest absolute Gasteiger partial charge is 0.299 e. The van der Waals surface area contributed by atoms with Crippen LogP contribution in [0.15, 0.2) is 0 Å². The van der Waals surface area contributed by atoms with Gasteiger partial charge in [-0.15, -0.1) is 5.92 Å². The van der Waals surface area contributed by atoms with Crippen LogP contribution in [0.25, 0.3) is 0 Å². The molecule has 0 aromatic carbocycles. The first kappa shape index (κ1) is 10.2. The maximum atomic E-state index is 10.4. The van der Waals surface area contributed by atoms with Gasteiger partial charge in [0.15, 0.2) is 0 Å². The highest BCUT2D eigenvalue weighted by Gasteiger charge is 1.84. The van der Waals surface area contributed by atoms with Gasteiger partial charge in [0.05, 0.1) is 6.42 Å². The van der Waals surface area contributed by atoms with Gasteiger partial charge in [0.25, 0.3) is 0 Å². The van der Waals surface area contributed by atoms with Gasteiger partial charge in [-0.2, -0.15) is 0 Å². The van der Waals surface area contributed by atoms with Crippen molar-refractivity contribution < 1.29 is 4.79 Å². The fourth-order valence-electron chi connectivity index (χ4n) is 0.739. The predicted molar refractivity (Wildman–Crippen MR) is 47.2 cm³/mol. The number of unbranched alkanes of at least 4 members (excludes halogenated alkanes) is 3. The number of hydrogen-bond donors (Lipinski definition) is 0. The molecule has 0 bridgehead atoms. The standard InChI is InChI=1S/C10H16O/c1-3-4-5-6-7-8-9-10(2)11/h3-6,9H2,1-2H3. The predicted octanol–water partition coefficient (Wildman–Crippen LogP) is 2.55. The van der Waals surface area contributed by atoms with E-state index in [1.165, 1.54) is 19.3 Å². The average molecular weight is 152 g/mol. The summed E-state index contributed by atoms with van der Waals surface area (Å²) >= 11 is 0. The molecule has 11 heavy (non-hydrogen) atoms. The molecular formula is C10H16O. The van der Waals surface area contributed by atoms with Crippen molar-refractivity contribution in [2.24, 2.45) is 0 Å². The third-order valence-electron chi connectivity index (χ3n) is 1.37. The fraction of sp³-hybridized carbons (Fsp3) is 0.700. The molecule has 0 heterocycles. The summed E-state index contributed by atoms with van der Waals surface area (Å²) in [6, 6.07) is 0. The number of carbonyl (C=O) groups is 1. The second kappa shape index (κ2) is 7.34. The molecule has 0 amide bonds. The Morgan fingerprint density at radius 1 is 1.27 bits per heavy atom. The molecule has 0 N–H and O–H groups in total. The molecule has 0 aliphatic rings. The summed E-state index contributed by atoms with van der Waals surface area (Å²) in [5, 5.41) is 0. The highest BCUT2D eigenvalue weighted by molar-refractivity contribution is 5.77. The Labute approximate surface area is 69.2 Å². The third-order valence-corrected chi connectivity index (χ3v) is 1.37. The summed E-state index contributed by atoms with van der Waals surface area (Å²) < 4.78 is 0. The minimum Gasteiger partial charge on any atom is -0.299 e. The summed E-state index contributed by atoms with van der Waals surface area (Å²) in [6.07, 6.45) is 5.01. The van der Waals surface area contributed by atoms with Crippen LogP contribution >= 0.6 is 0 Å². The Kier molecular flexibility index (Phi) is 6.82. The van der Waals surface area contributed by atoms with Crippen molar-refractivity contribution in [2.45, 2.75) is 46.0 Å². The van der Waals surface area contributed by atoms with E-state index in [2.05, 4.69) is 18.8 Å². The van der Waals surface area contributed by atoms with Gasteiger partial charge in [-0.3, -0.25) is 4.79 Å². The molecule has 0 aliphatic carbocycles. The normalized spacial score (nSPS) is 8.55. The van der Waals surface area contributed by atoms with Gasteiger partial charge >= 0.3 is 0 Å². The zero-order valence-corrected chi connectivity index (χ0v) is 7.44. The third kappa shape index (κ3) is 9.23. The van der Waals surface area contributed by atoms with E-state index in [9.17, 15) is 4.79 Å². The number of Topliss-reactive ketones (excluding diaryl/α,β-unsaturated/α-hetero) is 1. The van der Waals surface area contributed by atoms with Gasteiger partial charge in [-0.1, -0.05) is 25.7 Å². The number of hydrogen-bond acceptors (Lipinski definition) is 1. The fourth-order valence-corrected chi connectivity index (χ4v) is 0.739. The van der Waals surface area contributed by atoms with Crippen molar-refractivity contribution in [3.8, 4) is 11.8 Å². The minimum atomic E-state index is 0.160. The van der Waals surface area contributed by atoms with E-state index in [1.54, 1.807) is 6.92 Å². The van der Waals surface area contributed by atoms with Crippen molar-refractivity contribution >= 4 is 5.78 Å². The first-order chi connectivity index (χ1) is 5.27. The maximum Gasteiger partial charge on any atom is 0.141 e. The summed E-state index contributed by atoms with van der Waals surface area (Å²) in [4.78, 5) is 10.4. The molecule has 0 aromatic heterocycles. The monoisotopic (exact) mass is 152 g/mol. The van der Waals surface area contributed by atoms with Gasteiger partial charge < -0.3 is 0 Å². The first-order valence-corrected chi connectivity index (χ1v) is 4.22. The number of carbonyl (C=O) groups excluding carboxylic acids is 1. The number of rotatable bonds is 4. The van der Waals surface area contributed by atoms with Gasteiger partial charge in [0.1, 0.15) is 5.78 Å². The molecule has 0 atom stereocenters. The Morgan fingerprint density at radius 3 is 2.55 bits per heavy atom. The second-order valence-corrected chi connectivity index (χ2v) is 2.69. The van der Waals surface area contributed by atoms with Crippen molar-refractivity contribution in [3.63, 3.8) is 0 Å². The van der Waals surface area contributed by atoms with Crippen molar-refractivity contribution in [2.75, 3.05) is 0 Å². The lowest BCUT2D eigenvalue weighted by Gasteiger charge is -1.87. The lowest BCUT2D eigenvalue weighted by atomic mass is 10.2. The average Bonchev–Trinajstić information content (AvgIpc) is 1.96. The van der Waals surface area contributed by atoms with Gasteiger partial charge in [0.2, 0.25) is 0 Å². The van der Waals surface area contributed by atoms with Crippen LogP contribution in [-0.4, -0.2) is 5.78 Å². The topological polar surface area (TPSA) is 17.1 Å². The Morgan fingerprint density at radius 2 is 2.00 bits per heavy atom. The van der Waals surface area contributed by atoms with E-state index in [4.69, 9.17) is 0 Å². The summed E-state index contributed by atoms with van der Waals surface area (Å²) in [5.41, 5.74) is 0. The molecule has 0 rings (SSSR count). The second-order valence-electron chi connectivity index (χ2n) is 2.69. The quantitative estimate of drug-likeness (QED) is 0.447. The van der Waals surface area contributed by atoms with Crippen molar-refractivity contribution in [1.29, 1.82) is 0 Å². The van der Waals surface area contributed by atoms with E-state index in [0.29, 0.717) is 6.42 Å². The molecule has 62 valence electrons. The van der Waals surface area contributed by atoms with Crippen LogP contribution in [0.3, 0.4) is 0 Å². The van der Waals surface area contributed by atoms with E-state index >= 15 is 0 Å². The molecule has 0 saturated heterocycles. The van der Waals surface area contributed by atoms with E-state index < -0.39 is 0 Å². The van der Waals surface area contributed by atoms with E-state index in [-0.39, 0.29) is 5.78 Å². The van der Waals surface area contributed by atoms with Gasteiger partial charge in [-0.25, -0.2) is 0 Å². The molecule has 0 aromatic rings. The lowest BCUT2D eigenvalue weighted by Crippen LogP contribution is -1.84. The van der Waals surface area contributed by atoms with E-state index in [0.717, 1.165) is 6.42 Å². The van der Waals surface area contributed by atoms with Crippen LogP contribution in [0.2, 0.25) is 0 Å². The van der Waals surface area contributed by atoms with Gasteiger partial charge in [-0.05, 0) is 13.3 Å². The van der Waals surface area contributed by atoms with Crippen molar-refractivity contribution in [1.82, 2.24) is 0 Å². The molecule has 0 radical (unpaired) electrons. The maximum absolute atomic E-state index is 10.4. The van der Waals surface area contributed by atoms with Crippen LogP contribution in [-0.2, 0) is 4.79 Å². The molecule has 0 aliphatic heterocycles. The Bertz CT molecular complexity index is 159.